The number of fused-ring (bicyclic) bond motifs is 5. The van der Waals surface area contributed by atoms with Gasteiger partial charge >= 0.3 is 0 Å². The summed E-state index contributed by atoms with van der Waals surface area (Å²) in [5, 5.41) is 33.1. The van der Waals surface area contributed by atoms with Crippen molar-refractivity contribution < 1.29 is 34.1 Å². The standard InChI is InChI=1S/C22H27FO6/c1-10-7-13-16-18(28)17(27)14-8-12(25)5-6-19(14,3)21(16,23)15(26)9-20(13,4)22(10,29)11(2)24/h5-6,8,10,13,16-18,27-29H,7,9H2,1-4H3/t10-,13-,16+,17-,18+,19-,20-,21+,22-/m0/s1. The molecule has 0 spiro atoms. The van der Waals surface area contributed by atoms with Gasteiger partial charge < -0.3 is 15.3 Å². The Morgan fingerprint density at radius 1 is 1.24 bits per heavy atom. The molecule has 3 saturated carbocycles. The first kappa shape index (κ1) is 20.6. The maximum absolute atomic E-state index is 16.9. The van der Waals surface area contributed by atoms with Crippen molar-refractivity contribution in [1.82, 2.24) is 0 Å². The Morgan fingerprint density at radius 2 is 1.86 bits per heavy atom. The maximum atomic E-state index is 16.9. The van der Waals surface area contributed by atoms with Gasteiger partial charge in [0.05, 0.1) is 11.5 Å². The van der Waals surface area contributed by atoms with Crippen LogP contribution in [-0.2, 0) is 14.4 Å². The molecule has 0 heterocycles. The fourth-order valence-electron chi connectivity index (χ4n) is 7.05. The number of carbonyl (C=O) groups is 3. The summed E-state index contributed by atoms with van der Waals surface area (Å²) >= 11 is 0. The fourth-order valence-corrected chi connectivity index (χ4v) is 7.05. The Balaban J connectivity index is 1.95. The van der Waals surface area contributed by atoms with Crippen LogP contribution in [0.1, 0.15) is 40.5 Å². The number of rotatable bonds is 1. The van der Waals surface area contributed by atoms with Crippen LogP contribution in [0.25, 0.3) is 0 Å². The van der Waals surface area contributed by atoms with Crippen molar-refractivity contribution in [2.75, 3.05) is 0 Å². The topological polar surface area (TPSA) is 112 Å². The fraction of sp³-hybridized carbons (Fsp3) is 0.682. The van der Waals surface area contributed by atoms with Crippen LogP contribution in [0.3, 0.4) is 0 Å². The number of hydrogen-bond acceptors (Lipinski definition) is 6. The van der Waals surface area contributed by atoms with E-state index in [9.17, 15) is 29.7 Å². The lowest BCUT2D eigenvalue weighted by atomic mass is 9.44. The first-order chi connectivity index (χ1) is 13.3. The molecule has 0 bridgehead atoms. The molecule has 3 N–H and O–H groups in total. The van der Waals surface area contributed by atoms with Crippen LogP contribution in [0.5, 0.6) is 0 Å². The van der Waals surface area contributed by atoms with Gasteiger partial charge in [-0.3, -0.25) is 14.4 Å². The number of alkyl halides is 1. The summed E-state index contributed by atoms with van der Waals surface area (Å²) in [5.41, 5.74) is -7.26. The zero-order valence-electron chi connectivity index (χ0n) is 17.0. The molecule has 0 aromatic rings. The molecule has 0 saturated heterocycles. The van der Waals surface area contributed by atoms with E-state index in [0.29, 0.717) is 0 Å². The number of Topliss-reactive ketones (excluding diaryl/α,β-unsaturated/α-hetero) is 2. The molecule has 4 aliphatic rings. The lowest BCUT2D eigenvalue weighted by molar-refractivity contribution is -0.209. The molecule has 4 aliphatic carbocycles. The molecule has 29 heavy (non-hydrogen) atoms. The summed E-state index contributed by atoms with van der Waals surface area (Å²) in [5.74, 6) is -4.33. The highest BCUT2D eigenvalue weighted by atomic mass is 19.1. The van der Waals surface area contributed by atoms with Gasteiger partial charge in [-0.05, 0) is 49.8 Å². The smallest absolute Gasteiger partial charge is 0.186 e. The number of allylic oxidation sites excluding steroid dienone is 3. The van der Waals surface area contributed by atoms with Crippen molar-refractivity contribution in [3.8, 4) is 0 Å². The Bertz CT molecular complexity index is 894. The van der Waals surface area contributed by atoms with E-state index in [1.807, 2.05) is 0 Å². The summed E-state index contributed by atoms with van der Waals surface area (Å²) in [6, 6.07) is 0. The number of aliphatic hydroxyl groups is 3. The first-order valence-corrected chi connectivity index (χ1v) is 10.0. The van der Waals surface area contributed by atoms with Gasteiger partial charge in [0.2, 0.25) is 0 Å². The van der Waals surface area contributed by atoms with Gasteiger partial charge in [-0.1, -0.05) is 19.9 Å². The minimum absolute atomic E-state index is 0.0129. The van der Waals surface area contributed by atoms with Crippen LogP contribution in [-0.4, -0.2) is 56.1 Å². The van der Waals surface area contributed by atoms with Crippen molar-refractivity contribution in [2.45, 2.75) is 64.0 Å². The zero-order valence-corrected chi connectivity index (χ0v) is 17.0. The van der Waals surface area contributed by atoms with Gasteiger partial charge in [-0.25, -0.2) is 4.39 Å². The average molecular weight is 406 g/mol. The zero-order chi connectivity index (χ0) is 21.7. The molecule has 7 heteroatoms. The van der Waals surface area contributed by atoms with Crippen LogP contribution < -0.4 is 0 Å². The Morgan fingerprint density at radius 3 is 2.45 bits per heavy atom. The lowest BCUT2D eigenvalue weighted by Crippen LogP contribution is -2.73. The SMILES string of the molecule is CC(=O)[C@@]1(O)[C@@H](C)C[C@H]2[C@@H]3[C@@H](O)[C@@H](O)C4=CC(=O)C=C[C@]4(C)[C@@]3(F)C(=O)C[C@@]21C. The summed E-state index contributed by atoms with van der Waals surface area (Å²) in [4.78, 5) is 37.7. The third-order valence-electron chi connectivity index (χ3n) is 8.62. The predicted molar refractivity (Wildman–Crippen MR) is 100 cm³/mol. The van der Waals surface area contributed by atoms with E-state index < -0.39 is 69.4 Å². The minimum atomic E-state index is -2.57. The number of carbonyl (C=O) groups excluding carboxylic acids is 3. The molecule has 0 aliphatic heterocycles. The molecule has 6 nitrogen and oxygen atoms in total. The second-order valence-corrected chi connectivity index (χ2v) is 9.79. The normalized spacial score (nSPS) is 53.8. The molecule has 9 atom stereocenters. The van der Waals surface area contributed by atoms with Gasteiger partial charge in [0.25, 0.3) is 0 Å². The van der Waals surface area contributed by atoms with E-state index >= 15 is 4.39 Å². The summed E-state index contributed by atoms with van der Waals surface area (Å²) in [7, 11) is 0. The van der Waals surface area contributed by atoms with E-state index in [0.717, 1.165) is 6.08 Å². The number of halogens is 1. The van der Waals surface area contributed by atoms with Crippen molar-refractivity contribution in [3.05, 3.63) is 23.8 Å². The third kappa shape index (κ3) is 2.04. The van der Waals surface area contributed by atoms with Crippen LogP contribution in [0.15, 0.2) is 23.8 Å². The van der Waals surface area contributed by atoms with Crippen molar-refractivity contribution >= 4 is 17.3 Å². The first-order valence-electron chi connectivity index (χ1n) is 10.0. The molecule has 158 valence electrons. The molecular formula is C22H27FO6. The molecule has 4 rings (SSSR count). The lowest BCUT2D eigenvalue weighted by Gasteiger charge is -2.61. The van der Waals surface area contributed by atoms with Crippen molar-refractivity contribution in [3.63, 3.8) is 0 Å². The van der Waals surface area contributed by atoms with E-state index in [2.05, 4.69) is 0 Å². The van der Waals surface area contributed by atoms with Crippen LogP contribution >= 0.6 is 0 Å². The van der Waals surface area contributed by atoms with Crippen LogP contribution in [0.4, 0.5) is 4.39 Å². The second kappa shape index (κ2) is 5.71. The molecule has 0 radical (unpaired) electrons. The van der Waals surface area contributed by atoms with Gasteiger partial charge in [-0.2, -0.15) is 0 Å². The van der Waals surface area contributed by atoms with Gasteiger partial charge in [-0.15, -0.1) is 0 Å². The summed E-state index contributed by atoms with van der Waals surface area (Å²) < 4.78 is 16.9. The summed E-state index contributed by atoms with van der Waals surface area (Å²) in [6.07, 6.45) is 0.277. The number of hydrogen-bond donors (Lipinski definition) is 3. The van der Waals surface area contributed by atoms with Gasteiger partial charge in [0.1, 0.15) is 11.7 Å². The maximum Gasteiger partial charge on any atom is 0.186 e. The van der Waals surface area contributed by atoms with E-state index in [4.69, 9.17) is 0 Å². The average Bonchev–Trinajstić information content (AvgIpc) is 2.84. The highest BCUT2D eigenvalue weighted by Gasteiger charge is 2.78. The Kier molecular flexibility index (Phi) is 4.05. The predicted octanol–water partition coefficient (Wildman–Crippen LogP) is 1.07. The second-order valence-electron chi connectivity index (χ2n) is 9.79. The molecule has 0 aromatic heterocycles. The Labute approximate surface area is 168 Å². The minimum Gasteiger partial charge on any atom is -0.390 e. The largest absolute Gasteiger partial charge is 0.390 e. The van der Waals surface area contributed by atoms with Gasteiger partial charge in [0.15, 0.2) is 23.0 Å². The molecule has 0 unspecified atom stereocenters. The Hall–Kier alpha value is -1.70. The number of ketones is 3. The molecule has 3 fully saturated rings. The van der Waals surface area contributed by atoms with Crippen molar-refractivity contribution in [1.29, 1.82) is 0 Å². The number of aliphatic hydroxyl groups excluding tert-OH is 2. The highest BCUT2D eigenvalue weighted by Crippen LogP contribution is 2.69. The summed E-state index contributed by atoms with van der Waals surface area (Å²) in [6.45, 7) is 6.01. The van der Waals surface area contributed by atoms with Crippen LogP contribution in [0, 0.1) is 28.6 Å². The van der Waals surface area contributed by atoms with Gasteiger partial charge in [0, 0.05) is 17.8 Å². The molecule has 0 amide bonds. The van der Waals surface area contributed by atoms with E-state index in [1.54, 1.807) is 13.8 Å². The monoisotopic (exact) mass is 406 g/mol. The van der Waals surface area contributed by atoms with E-state index in [1.165, 1.54) is 26.0 Å². The highest BCUT2D eigenvalue weighted by molar-refractivity contribution is 6.03. The van der Waals surface area contributed by atoms with Crippen molar-refractivity contribution in [2.24, 2.45) is 28.6 Å². The molecular weight excluding hydrogens is 379 g/mol. The van der Waals surface area contributed by atoms with E-state index in [-0.39, 0.29) is 18.4 Å². The quantitative estimate of drug-likeness (QED) is 0.601. The van der Waals surface area contributed by atoms with Crippen LogP contribution in [0.2, 0.25) is 0 Å². The molecule has 0 aromatic carbocycles. The third-order valence-corrected chi connectivity index (χ3v) is 8.62.